The third kappa shape index (κ3) is 3.19. The van der Waals surface area contributed by atoms with E-state index < -0.39 is 5.54 Å². The van der Waals surface area contributed by atoms with Crippen LogP contribution < -0.4 is 5.73 Å². The van der Waals surface area contributed by atoms with Crippen molar-refractivity contribution in [1.29, 1.82) is 0 Å². The molecule has 0 spiro atoms. The van der Waals surface area contributed by atoms with E-state index >= 15 is 0 Å². The Morgan fingerprint density at radius 2 is 1.83 bits per heavy atom. The fourth-order valence-electron chi connectivity index (χ4n) is 2.00. The fraction of sp³-hybridized carbons (Fsp3) is 0.462. The molecule has 0 aliphatic carbocycles. The minimum atomic E-state index is -0.913. The van der Waals surface area contributed by atoms with Crippen LogP contribution in [0.1, 0.15) is 12.5 Å². The summed E-state index contributed by atoms with van der Waals surface area (Å²) < 4.78 is 0. The molecule has 2 rings (SSSR count). The number of rotatable bonds is 2. The van der Waals surface area contributed by atoms with Crippen LogP contribution >= 0.6 is 24.2 Å². The van der Waals surface area contributed by atoms with Gasteiger partial charge in [0.25, 0.3) is 0 Å². The molecule has 2 N–H and O–H groups in total. The Morgan fingerprint density at radius 3 is 2.39 bits per heavy atom. The average Bonchev–Trinajstić information content (AvgIpc) is 2.40. The monoisotopic (exact) mass is 286 g/mol. The summed E-state index contributed by atoms with van der Waals surface area (Å²) in [6.07, 6.45) is 0. The van der Waals surface area contributed by atoms with Gasteiger partial charge in [0.2, 0.25) is 5.91 Å². The van der Waals surface area contributed by atoms with E-state index in [1.807, 2.05) is 47.0 Å². The Morgan fingerprint density at radius 1 is 1.28 bits per heavy atom. The minimum Gasteiger partial charge on any atom is -0.339 e. The molecule has 1 fully saturated rings. The maximum Gasteiger partial charge on any atom is 0.247 e. The molecule has 1 atom stereocenters. The summed E-state index contributed by atoms with van der Waals surface area (Å²) in [6, 6.07) is 9.59. The number of thioether (sulfide) groups is 1. The molecule has 0 aromatic heterocycles. The number of carbonyl (C=O) groups is 1. The first-order valence-electron chi connectivity index (χ1n) is 5.84. The van der Waals surface area contributed by atoms with Crippen molar-refractivity contribution < 1.29 is 4.79 Å². The SMILES string of the molecule is CC(N)(C(=O)N1CCSCC1)c1ccccc1.Cl. The van der Waals surface area contributed by atoms with E-state index in [0.29, 0.717) is 0 Å². The highest BCUT2D eigenvalue weighted by Gasteiger charge is 2.34. The average molecular weight is 287 g/mol. The highest BCUT2D eigenvalue weighted by molar-refractivity contribution is 7.99. The second-order valence-corrected chi connectivity index (χ2v) is 5.70. The van der Waals surface area contributed by atoms with Crippen molar-refractivity contribution >= 4 is 30.1 Å². The molecule has 0 bridgehead atoms. The molecule has 1 saturated heterocycles. The largest absolute Gasteiger partial charge is 0.339 e. The summed E-state index contributed by atoms with van der Waals surface area (Å²) in [6.45, 7) is 3.42. The molecule has 1 unspecified atom stereocenters. The number of benzene rings is 1. The molecule has 0 saturated carbocycles. The first-order valence-corrected chi connectivity index (χ1v) is 6.99. The molecule has 3 nitrogen and oxygen atoms in total. The summed E-state index contributed by atoms with van der Waals surface area (Å²) in [4.78, 5) is 14.3. The number of amides is 1. The van der Waals surface area contributed by atoms with E-state index in [1.165, 1.54) is 0 Å². The Kier molecular flexibility index (Phi) is 5.50. The van der Waals surface area contributed by atoms with Gasteiger partial charge in [-0.05, 0) is 12.5 Å². The molecule has 18 heavy (non-hydrogen) atoms. The van der Waals surface area contributed by atoms with Crippen LogP contribution in [0, 0.1) is 0 Å². The van der Waals surface area contributed by atoms with Crippen LogP contribution in [-0.2, 0) is 10.3 Å². The Bertz CT molecular complexity index is 391. The van der Waals surface area contributed by atoms with E-state index in [4.69, 9.17) is 5.73 Å². The lowest BCUT2D eigenvalue weighted by atomic mass is 9.91. The third-order valence-electron chi connectivity index (χ3n) is 3.12. The molecule has 1 aliphatic rings. The zero-order valence-corrected chi connectivity index (χ0v) is 12.1. The van der Waals surface area contributed by atoms with Crippen molar-refractivity contribution in [3.8, 4) is 0 Å². The van der Waals surface area contributed by atoms with Gasteiger partial charge in [0.05, 0.1) is 0 Å². The lowest BCUT2D eigenvalue weighted by Crippen LogP contribution is -2.53. The van der Waals surface area contributed by atoms with Gasteiger partial charge in [-0.15, -0.1) is 12.4 Å². The lowest BCUT2D eigenvalue weighted by molar-refractivity contribution is -0.136. The van der Waals surface area contributed by atoms with Crippen LogP contribution in [0.15, 0.2) is 30.3 Å². The van der Waals surface area contributed by atoms with Gasteiger partial charge in [-0.3, -0.25) is 4.79 Å². The maximum atomic E-state index is 12.4. The minimum absolute atomic E-state index is 0. The van der Waals surface area contributed by atoms with Crippen molar-refractivity contribution in [1.82, 2.24) is 4.90 Å². The van der Waals surface area contributed by atoms with Gasteiger partial charge in [0.1, 0.15) is 5.54 Å². The first kappa shape index (κ1) is 15.3. The smallest absolute Gasteiger partial charge is 0.247 e. The molecule has 1 aromatic rings. The maximum absolute atomic E-state index is 12.4. The number of carbonyl (C=O) groups excluding carboxylic acids is 1. The third-order valence-corrected chi connectivity index (χ3v) is 4.06. The van der Waals surface area contributed by atoms with Crippen molar-refractivity contribution in [2.45, 2.75) is 12.5 Å². The van der Waals surface area contributed by atoms with Gasteiger partial charge in [-0.2, -0.15) is 11.8 Å². The predicted octanol–water partition coefficient (Wildman–Crippen LogP) is 1.86. The summed E-state index contributed by atoms with van der Waals surface area (Å²) in [5, 5.41) is 0. The molecule has 1 amide bonds. The Hall–Kier alpha value is -0.710. The van der Waals surface area contributed by atoms with Crippen molar-refractivity contribution in [2.75, 3.05) is 24.6 Å². The normalized spacial score (nSPS) is 18.7. The van der Waals surface area contributed by atoms with Gasteiger partial charge in [0, 0.05) is 24.6 Å². The second kappa shape index (κ2) is 6.45. The van der Waals surface area contributed by atoms with Gasteiger partial charge in [-0.25, -0.2) is 0 Å². The molecular formula is C13H19ClN2OS. The highest BCUT2D eigenvalue weighted by Crippen LogP contribution is 2.22. The molecule has 1 heterocycles. The fourth-order valence-corrected chi connectivity index (χ4v) is 2.91. The number of nitrogens with zero attached hydrogens (tertiary/aromatic N) is 1. The highest BCUT2D eigenvalue weighted by atomic mass is 35.5. The number of hydrogen-bond acceptors (Lipinski definition) is 3. The van der Waals surface area contributed by atoms with Crippen LogP contribution in [0.2, 0.25) is 0 Å². The molecule has 5 heteroatoms. The first-order chi connectivity index (χ1) is 8.12. The van der Waals surface area contributed by atoms with E-state index in [1.54, 1.807) is 6.92 Å². The topological polar surface area (TPSA) is 46.3 Å². The molecule has 0 radical (unpaired) electrons. The quantitative estimate of drug-likeness (QED) is 0.903. The molecule has 1 aromatic carbocycles. The van der Waals surface area contributed by atoms with Crippen LogP contribution in [0.4, 0.5) is 0 Å². The lowest BCUT2D eigenvalue weighted by Gasteiger charge is -2.34. The number of hydrogen-bond donors (Lipinski definition) is 1. The number of halogens is 1. The van der Waals surface area contributed by atoms with E-state index in [-0.39, 0.29) is 18.3 Å². The van der Waals surface area contributed by atoms with Gasteiger partial charge < -0.3 is 10.6 Å². The van der Waals surface area contributed by atoms with Gasteiger partial charge >= 0.3 is 0 Å². The summed E-state index contributed by atoms with van der Waals surface area (Å²) >= 11 is 1.89. The van der Waals surface area contributed by atoms with Crippen molar-refractivity contribution in [3.63, 3.8) is 0 Å². The van der Waals surface area contributed by atoms with Gasteiger partial charge in [0.15, 0.2) is 0 Å². The summed E-state index contributed by atoms with van der Waals surface area (Å²) in [5.74, 6) is 2.05. The Balaban J connectivity index is 0.00000162. The molecule has 1 aliphatic heterocycles. The van der Waals surface area contributed by atoms with E-state index in [2.05, 4.69) is 0 Å². The predicted molar refractivity (Wildman–Crippen MR) is 79.1 cm³/mol. The van der Waals surface area contributed by atoms with Crippen LogP contribution in [0.5, 0.6) is 0 Å². The standard InChI is InChI=1S/C13H18N2OS.ClH/c1-13(14,11-5-3-2-4-6-11)12(16)15-7-9-17-10-8-15;/h2-6H,7-10,14H2,1H3;1H. The summed E-state index contributed by atoms with van der Waals surface area (Å²) in [7, 11) is 0. The Labute approximate surface area is 119 Å². The van der Waals surface area contributed by atoms with Crippen molar-refractivity contribution in [2.24, 2.45) is 5.73 Å². The van der Waals surface area contributed by atoms with E-state index in [9.17, 15) is 4.79 Å². The van der Waals surface area contributed by atoms with Crippen LogP contribution in [0.25, 0.3) is 0 Å². The van der Waals surface area contributed by atoms with Crippen molar-refractivity contribution in [3.05, 3.63) is 35.9 Å². The van der Waals surface area contributed by atoms with Crippen LogP contribution in [0.3, 0.4) is 0 Å². The van der Waals surface area contributed by atoms with Crippen LogP contribution in [-0.4, -0.2) is 35.4 Å². The summed E-state index contributed by atoms with van der Waals surface area (Å²) in [5.41, 5.74) is 6.18. The zero-order chi connectivity index (χ0) is 12.3. The second-order valence-electron chi connectivity index (χ2n) is 4.47. The zero-order valence-electron chi connectivity index (χ0n) is 10.5. The molecular weight excluding hydrogens is 268 g/mol. The van der Waals surface area contributed by atoms with Gasteiger partial charge in [-0.1, -0.05) is 30.3 Å². The van der Waals surface area contributed by atoms with E-state index in [0.717, 1.165) is 30.2 Å². The number of nitrogens with two attached hydrogens (primary N) is 1. The molecule has 100 valence electrons.